The Balaban J connectivity index is 1.54. The standard InChI is InChI=1S/C24H21Cl2FN2O/c25-19-11-9-18(10-12-19)23(17-5-2-1-3-6-17)28-13-15-29(16-14-28)24(30)22-20(26)7-4-8-21(22)27/h1-12,23H,13-16H2/t23-/m0/s1. The van der Waals surface area contributed by atoms with Crippen LogP contribution in [0.1, 0.15) is 27.5 Å². The molecular formula is C24H21Cl2FN2O. The summed E-state index contributed by atoms with van der Waals surface area (Å²) >= 11 is 12.2. The smallest absolute Gasteiger partial charge is 0.258 e. The number of rotatable bonds is 4. The second-order valence-electron chi connectivity index (χ2n) is 7.29. The van der Waals surface area contributed by atoms with Crippen molar-refractivity contribution >= 4 is 29.1 Å². The summed E-state index contributed by atoms with van der Waals surface area (Å²) in [6, 6.07) is 22.5. The van der Waals surface area contributed by atoms with Gasteiger partial charge in [0.15, 0.2) is 0 Å². The van der Waals surface area contributed by atoms with E-state index in [0.29, 0.717) is 31.2 Å². The van der Waals surface area contributed by atoms with E-state index >= 15 is 0 Å². The molecule has 3 nitrogen and oxygen atoms in total. The van der Waals surface area contributed by atoms with Crippen LogP contribution in [0.4, 0.5) is 4.39 Å². The highest BCUT2D eigenvalue weighted by atomic mass is 35.5. The Labute approximate surface area is 185 Å². The maximum Gasteiger partial charge on any atom is 0.258 e. The summed E-state index contributed by atoms with van der Waals surface area (Å²) in [7, 11) is 0. The maximum absolute atomic E-state index is 14.2. The van der Waals surface area contributed by atoms with Gasteiger partial charge in [0.25, 0.3) is 5.91 Å². The van der Waals surface area contributed by atoms with Gasteiger partial charge < -0.3 is 4.90 Å². The largest absolute Gasteiger partial charge is 0.336 e. The predicted molar refractivity (Wildman–Crippen MR) is 119 cm³/mol. The second-order valence-corrected chi connectivity index (χ2v) is 8.13. The third kappa shape index (κ3) is 4.36. The third-order valence-corrected chi connectivity index (χ3v) is 6.01. The molecule has 0 bridgehead atoms. The Morgan fingerprint density at radius 2 is 1.43 bits per heavy atom. The molecule has 1 heterocycles. The van der Waals surface area contributed by atoms with Gasteiger partial charge in [-0.1, -0.05) is 71.7 Å². The SMILES string of the molecule is O=C(c1c(F)cccc1Cl)N1CCN([C@@H](c2ccccc2)c2ccc(Cl)cc2)CC1. The molecule has 3 aromatic carbocycles. The number of piperazine rings is 1. The molecule has 1 atom stereocenters. The quantitative estimate of drug-likeness (QED) is 0.518. The lowest BCUT2D eigenvalue weighted by Crippen LogP contribution is -2.50. The van der Waals surface area contributed by atoms with E-state index in [-0.39, 0.29) is 22.5 Å². The van der Waals surface area contributed by atoms with Crippen LogP contribution in [0.2, 0.25) is 10.0 Å². The zero-order valence-electron chi connectivity index (χ0n) is 16.3. The maximum atomic E-state index is 14.2. The first kappa shape index (κ1) is 20.9. The molecule has 0 spiro atoms. The zero-order valence-corrected chi connectivity index (χ0v) is 17.8. The number of carbonyl (C=O) groups excluding carboxylic acids is 1. The molecule has 0 aliphatic carbocycles. The van der Waals surface area contributed by atoms with Crippen LogP contribution in [-0.4, -0.2) is 41.9 Å². The van der Waals surface area contributed by atoms with E-state index in [9.17, 15) is 9.18 Å². The second kappa shape index (κ2) is 9.17. The Morgan fingerprint density at radius 3 is 2.07 bits per heavy atom. The summed E-state index contributed by atoms with van der Waals surface area (Å²) in [6.45, 7) is 2.33. The highest BCUT2D eigenvalue weighted by Gasteiger charge is 2.30. The number of halogens is 3. The first-order valence-electron chi connectivity index (χ1n) is 9.82. The molecular weight excluding hydrogens is 422 g/mol. The summed E-state index contributed by atoms with van der Waals surface area (Å²) in [5.41, 5.74) is 2.27. The van der Waals surface area contributed by atoms with Crippen LogP contribution in [0.25, 0.3) is 0 Å². The van der Waals surface area contributed by atoms with Gasteiger partial charge in [-0.25, -0.2) is 4.39 Å². The average molecular weight is 443 g/mol. The molecule has 0 saturated carbocycles. The van der Waals surface area contributed by atoms with Crippen molar-refractivity contribution < 1.29 is 9.18 Å². The number of hydrogen-bond donors (Lipinski definition) is 0. The van der Waals surface area contributed by atoms with E-state index in [1.165, 1.54) is 17.7 Å². The minimum Gasteiger partial charge on any atom is -0.336 e. The third-order valence-electron chi connectivity index (χ3n) is 5.44. The molecule has 1 saturated heterocycles. The lowest BCUT2D eigenvalue weighted by atomic mass is 9.96. The highest BCUT2D eigenvalue weighted by molar-refractivity contribution is 6.33. The predicted octanol–water partition coefficient (Wildman–Crippen LogP) is 5.68. The molecule has 1 aliphatic rings. The van der Waals surface area contributed by atoms with E-state index < -0.39 is 5.82 Å². The zero-order chi connectivity index (χ0) is 21.1. The normalized spacial score (nSPS) is 15.8. The number of carbonyl (C=O) groups is 1. The van der Waals surface area contributed by atoms with Crippen molar-refractivity contribution in [3.05, 3.63) is 105 Å². The van der Waals surface area contributed by atoms with Crippen LogP contribution in [0.15, 0.2) is 72.8 Å². The molecule has 4 rings (SSSR count). The minimum atomic E-state index is -0.585. The van der Waals surface area contributed by atoms with Crippen LogP contribution >= 0.6 is 23.2 Å². The Kier molecular flexibility index (Phi) is 6.38. The van der Waals surface area contributed by atoms with Gasteiger partial charge in [-0.3, -0.25) is 9.69 Å². The molecule has 3 aromatic rings. The van der Waals surface area contributed by atoms with Gasteiger partial charge in [0, 0.05) is 31.2 Å². The summed E-state index contributed by atoms with van der Waals surface area (Å²) < 4.78 is 14.2. The Bertz CT molecular complexity index is 999. The van der Waals surface area contributed by atoms with Crippen molar-refractivity contribution in [2.24, 2.45) is 0 Å². The van der Waals surface area contributed by atoms with Crippen molar-refractivity contribution in [2.75, 3.05) is 26.2 Å². The van der Waals surface area contributed by atoms with Gasteiger partial charge in [0.05, 0.1) is 16.6 Å². The van der Waals surface area contributed by atoms with Crippen molar-refractivity contribution in [1.29, 1.82) is 0 Å². The lowest BCUT2D eigenvalue weighted by Gasteiger charge is -2.40. The van der Waals surface area contributed by atoms with E-state index in [2.05, 4.69) is 17.0 Å². The van der Waals surface area contributed by atoms with Crippen molar-refractivity contribution in [3.63, 3.8) is 0 Å². The number of benzene rings is 3. The van der Waals surface area contributed by atoms with Crippen LogP contribution in [0.3, 0.4) is 0 Å². The van der Waals surface area contributed by atoms with E-state index in [4.69, 9.17) is 23.2 Å². The van der Waals surface area contributed by atoms with Gasteiger partial charge in [-0.15, -0.1) is 0 Å². The van der Waals surface area contributed by atoms with Crippen molar-refractivity contribution in [2.45, 2.75) is 6.04 Å². The minimum absolute atomic E-state index is 0.0510. The van der Waals surface area contributed by atoms with E-state index in [1.807, 2.05) is 42.5 Å². The molecule has 0 unspecified atom stereocenters. The van der Waals surface area contributed by atoms with Gasteiger partial charge >= 0.3 is 0 Å². The fourth-order valence-electron chi connectivity index (χ4n) is 3.94. The van der Waals surface area contributed by atoms with Crippen LogP contribution < -0.4 is 0 Å². The topological polar surface area (TPSA) is 23.6 Å². The summed E-state index contributed by atoms with van der Waals surface area (Å²) in [5, 5.41) is 0.841. The molecule has 154 valence electrons. The number of nitrogens with zero attached hydrogens (tertiary/aromatic N) is 2. The van der Waals surface area contributed by atoms with Gasteiger partial charge in [-0.2, -0.15) is 0 Å². The molecule has 30 heavy (non-hydrogen) atoms. The molecule has 6 heteroatoms. The van der Waals surface area contributed by atoms with Crippen LogP contribution in [-0.2, 0) is 0 Å². The lowest BCUT2D eigenvalue weighted by molar-refractivity contribution is 0.0593. The van der Waals surface area contributed by atoms with Crippen molar-refractivity contribution in [1.82, 2.24) is 9.80 Å². The van der Waals surface area contributed by atoms with Crippen LogP contribution in [0.5, 0.6) is 0 Å². The molecule has 1 amide bonds. The number of amides is 1. The summed E-state index contributed by atoms with van der Waals surface area (Å²) in [6.07, 6.45) is 0. The molecule has 1 aliphatic heterocycles. The van der Waals surface area contributed by atoms with Gasteiger partial charge in [0.2, 0.25) is 0 Å². The molecule has 0 N–H and O–H groups in total. The highest BCUT2D eigenvalue weighted by Crippen LogP contribution is 2.31. The van der Waals surface area contributed by atoms with Crippen molar-refractivity contribution in [3.8, 4) is 0 Å². The fourth-order valence-corrected chi connectivity index (χ4v) is 4.31. The number of hydrogen-bond acceptors (Lipinski definition) is 2. The molecule has 1 fully saturated rings. The van der Waals surface area contributed by atoms with E-state index in [1.54, 1.807) is 11.0 Å². The van der Waals surface area contributed by atoms with Gasteiger partial charge in [-0.05, 0) is 35.4 Å². The summed E-state index contributed by atoms with van der Waals surface area (Å²) in [4.78, 5) is 16.9. The first-order chi connectivity index (χ1) is 14.5. The monoisotopic (exact) mass is 442 g/mol. The molecule has 0 radical (unpaired) electrons. The fraction of sp³-hybridized carbons (Fsp3) is 0.208. The molecule has 0 aromatic heterocycles. The Morgan fingerprint density at radius 1 is 0.800 bits per heavy atom. The van der Waals surface area contributed by atoms with Crippen LogP contribution in [0, 0.1) is 5.82 Å². The average Bonchev–Trinajstić information content (AvgIpc) is 2.76. The van der Waals surface area contributed by atoms with Gasteiger partial charge in [0.1, 0.15) is 5.82 Å². The van der Waals surface area contributed by atoms with E-state index in [0.717, 1.165) is 5.56 Å². The summed E-state index contributed by atoms with van der Waals surface area (Å²) in [5.74, 6) is -0.946. The first-order valence-corrected chi connectivity index (χ1v) is 10.6. The Hall–Kier alpha value is -2.40.